The van der Waals surface area contributed by atoms with E-state index in [0.717, 1.165) is 11.1 Å². The average molecular weight is 430 g/mol. The van der Waals surface area contributed by atoms with E-state index in [0.29, 0.717) is 17.8 Å². The van der Waals surface area contributed by atoms with Crippen molar-refractivity contribution < 1.29 is 14.4 Å². The minimum absolute atomic E-state index is 0.0566. The number of hydrogen-bond donors (Lipinski definition) is 2. The van der Waals surface area contributed by atoms with Gasteiger partial charge in [-0.05, 0) is 29.3 Å². The first kappa shape index (κ1) is 22.7. The van der Waals surface area contributed by atoms with Gasteiger partial charge >= 0.3 is 0 Å². The zero-order chi connectivity index (χ0) is 22.9. The molecule has 164 valence electrons. The van der Waals surface area contributed by atoms with Gasteiger partial charge in [-0.2, -0.15) is 0 Å². The fraction of sp³-hybridized carbons (Fsp3) is 0.192. The molecule has 2 N–H and O–H groups in total. The first-order chi connectivity index (χ1) is 15.4. The number of rotatable bonds is 8. The molecule has 0 aliphatic heterocycles. The Balaban J connectivity index is 1.75. The molecule has 6 nitrogen and oxygen atoms in total. The van der Waals surface area contributed by atoms with Crippen molar-refractivity contribution in [3.05, 3.63) is 102 Å². The number of para-hydroxylation sites is 1. The van der Waals surface area contributed by atoms with Gasteiger partial charge in [-0.3, -0.25) is 14.4 Å². The zero-order valence-electron chi connectivity index (χ0n) is 18.2. The third-order valence-electron chi connectivity index (χ3n) is 5.17. The molecule has 1 atom stereocenters. The van der Waals surface area contributed by atoms with Crippen molar-refractivity contribution in [2.75, 3.05) is 12.4 Å². The number of hydrogen-bond acceptors (Lipinski definition) is 3. The average Bonchev–Trinajstić information content (AvgIpc) is 2.81. The van der Waals surface area contributed by atoms with Crippen LogP contribution in [0.25, 0.3) is 0 Å². The summed E-state index contributed by atoms with van der Waals surface area (Å²) in [7, 11) is 1.71. The Morgan fingerprint density at radius 3 is 2.09 bits per heavy atom. The Kier molecular flexibility index (Phi) is 7.75. The molecule has 0 bridgehead atoms. The number of benzene rings is 3. The maximum absolute atomic E-state index is 12.9. The van der Waals surface area contributed by atoms with E-state index in [1.165, 1.54) is 6.92 Å². The van der Waals surface area contributed by atoms with Crippen molar-refractivity contribution >= 4 is 23.4 Å². The molecule has 0 aromatic heterocycles. The Morgan fingerprint density at radius 2 is 1.44 bits per heavy atom. The van der Waals surface area contributed by atoms with Crippen LogP contribution < -0.4 is 10.6 Å². The standard InChI is InChI=1S/C26H27N3O3/c1-19(30)29(2)18-22-15-9-10-16-23(22)27-25(31)17-24(20-11-5-3-6-12-20)28-26(32)21-13-7-4-8-14-21/h3-16,24H,17-18H2,1-2H3,(H,27,31)(H,28,32). The van der Waals surface area contributed by atoms with Crippen molar-refractivity contribution in [2.45, 2.75) is 25.9 Å². The van der Waals surface area contributed by atoms with Crippen molar-refractivity contribution in [3.63, 3.8) is 0 Å². The van der Waals surface area contributed by atoms with Crippen LogP contribution in [-0.4, -0.2) is 29.7 Å². The second-order valence-corrected chi connectivity index (χ2v) is 7.59. The summed E-state index contributed by atoms with van der Waals surface area (Å²) in [5.41, 5.74) is 2.86. The molecule has 1 unspecified atom stereocenters. The van der Waals surface area contributed by atoms with Crippen molar-refractivity contribution in [1.29, 1.82) is 0 Å². The van der Waals surface area contributed by atoms with Crippen LogP contribution in [-0.2, 0) is 16.1 Å². The smallest absolute Gasteiger partial charge is 0.251 e. The SMILES string of the molecule is CC(=O)N(C)Cc1ccccc1NC(=O)CC(NC(=O)c1ccccc1)c1ccccc1. The van der Waals surface area contributed by atoms with Gasteiger partial charge in [0.1, 0.15) is 0 Å². The molecule has 0 spiro atoms. The Bertz CT molecular complexity index is 1070. The molecular formula is C26H27N3O3. The lowest BCUT2D eigenvalue weighted by Crippen LogP contribution is -2.31. The van der Waals surface area contributed by atoms with Crippen LogP contribution in [0.3, 0.4) is 0 Å². The number of carbonyl (C=O) groups is 3. The van der Waals surface area contributed by atoms with E-state index in [4.69, 9.17) is 0 Å². The predicted molar refractivity (Wildman–Crippen MR) is 125 cm³/mol. The van der Waals surface area contributed by atoms with Gasteiger partial charge in [0, 0.05) is 31.8 Å². The van der Waals surface area contributed by atoms with Crippen LogP contribution in [0.15, 0.2) is 84.9 Å². The summed E-state index contributed by atoms with van der Waals surface area (Å²) in [6.45, 7) is 1.89. The second-order valence-electron chi connectivity index (χ2n) is 7.59. The summed E-state index contributed by atoms with van der Waals surface area (Å²) in [5.74, 6) is -0.528. The molecule has 0 heterocycles. The third kappa shape index (κ3) is 6.28. The number of anilines is 1. The molecule has 3 aromatic carbocycles. The molecule has 0 saturated carbocycles. The first-order valence-corrected chi connectivity index (χ1v) is 10.4. The minimum Gasteiger partial charge on any atom is -0.345 e. The monoisotopic (exact) mass is 429 g/mol. The summed E-state index contributed by atoms with van der Waals surface area (Å²) in [4.78, 5) is 38.9. The van der Waals surface area contributed by atoms with E-state index in [9.17, 15) is 14.4 Å². The van der Waals surface area contributed by atoms with Gasteiger partial charge in [-0.25, -0.2) is 0 Å². The van der Waals surface area contributed by atoms with Gasteiger partial charge in [-0.1, -0.05) is 66.7 Å². The maximum Gasteiger partial charge on any atom is 0.251 e. The molecular weight excluding hydrogens is 402 g/mol. The van der Waals surface area contributed by atoms with E-state index >= 15 is 0 Å². The predicted octanol–water partition coefficient (Wildman–Crippen LogP) is 4.16. The van der Waals surface area contributed by atoms with E-state index < -0.39 is 6.04 Å². The van der Waals surface area contributed by atoms with Crippen LogP contribution in [0.1, 0.15) is 40.9 Å². The quantitative estimate of drug-likeness (QED) is 0.564. The molecule has 0 saturated heterocycles. The third-order valence-corrected chi connectivity index (χ3v) is 5.17. The Hall–Kier alpha value is -3.93. The molecule has 3 aromatic rings. The normalized spacial score (nSPS) is 11.3. The van der Waals surface area contributed by atoms with Gasteiger partial charge in [0.05, 0.1) is 12.5 Å². The van der Waals surface area contributed by atoms with Gasteiger partial charge in [0.2, 0.25) is 11.8 Å². The lowest BCUT2D eigenvalue weighted by Gasteiger charge is -2.21. The highest BCUT2D eigenvalue weighted by Crippen LogP contribution is 2.21. The van der Waals surface area contributed by atoms with Crippen LogP contribution in [0, 0.1) is 0 Å². The topological polar surface area (TPSA) is 78.5 Å². The van der Waals surface area contributed by atoms with Gasteiger partial charge in [0.25, 0.3) is 5.91 Å². The number of carbonyl (C=O) groups excluding carboxylic acids is 3. The molecule has 3 amide bonds. The summed E-state index contributed by atoms with van der Waals surface area (Å²) < 4.78 is 0. The van der Waals surface area contributed by atoms with Crippen molar-refractivity contribution in [1.82, 2.24) is 10.2 Å². The molecule has 6 heteroatoms. The summed E-state index contributed by atoms with van der Waals surface area (Å²) in [6.07, 6.45) is 0.0689. The molecule has 0 aliphatic carbocycles. The number of amides is 3. The van der Waals surface area contributed by atoms with Gasteiger partial charge in [-0.15, -0.1) is 0 Å². The maximum atomic E-state index is 12.9. The molecule has 0 fully saturated rings. The molecule has 3 rings (SSSR count). The fourth-order valence-corrected chi connectivity index (χ4v) is 3.30. The molecule has 32 heavy (non-hydrogen) atoms. The van der Waals surface area contributed by atoms with Crippen LogP contribution in [0.2, 0.25) is 0 Å². The summed E-state index contributed by atoms with van der Waals surface area (Å²) in [5, 5.41) is 5.92. The number of nitrogens with one attached hydrogen (secondary N) is 2. The van der Waals surface area contributed by atoms with E-state index in [1.807, 2.05) is 54.6 Å². The molecule has 0 radical (unpaired) electrons. The van der Waals surface area contributed by atoms with E-state index in [-0.39, 0.29) is 24.1 Å². The largest absolute Gasteiger partial charge is 0.345 e. The van der Waals surface area contributed by atoms with Crippen LogP contribution in [0.5, 0.6) is 0 Å². The summed E-state index contributed by atoms with van der Waals surface area (Å²) >= 11 is 0. The minimum atomic E-state index is -0.490. The van der Waals surface area contributed by atoms with E-state index in [1.54, 1.807) is 42.3 Å². The Labute approximate surface area is 188 Å². The van der Waals surface area contributed by atoms with Crippen molar-refractivity contribution in [2.24, 2.45) is 0 Å². The number of nitrogens with zero attached hydrogens (tertiary/aromatic N) is 1. The highest BCUT2D eigenvalue weighted by molar-refractivity contribution is 5.96. The molecule has 0 aliphatic rings. The second kappa shape index (κ2) is 10.9. The van der Waals surface area contributed by atoms with Crippen molar-refractivity contribution in [3.8, 4) is 0 Å². The van der Waals surface area contributed by atoms with Gasteiger partial charge < -0.3 is 15.5 Å². The summed E-state index contributed by atoms with van der Waals surface area (Å²) in [6, 6.07) is 25.2. The lowest BCUT2D eigenvalue weighted by molar-refractivity contribution is -0.128. The van der Waals surface area contributed by atoms with Crippen LogP contribution >= 0.6 is 0 Å². The van der Waals surface area contributed by atoms with Gasteiger partial charge in [0.15, 0.2) is 0 Å². The Morgan fingerprint density at radius 1 is 0.844 bits per heavy atom. The highest BCUT2D eigenvalue weighted by Gasteiger charge is 2.20. The lowest BCUT2D eigenvalue weighted by atomic mass is 10.0. The van der Waals surface area contributed by atoms with Crippen LogP contribution in [0.4, 0.5) is 5.69 Å². The highest BCUT2D eigenvalue weighted by atomic mass is 16.2. The van der Waals surface area contributed by atoms with E-state index in [2.05, 4.69) is 10.6 Å². The zero-order valence-corrected chi connectivity index (χ0v) is 18.2. The first-order valence-electron chi connectivity index (χ1n) is 10.4. The fourth-order valence-electron chi connectivity index (χ4n) is 3.30.